The number of rotatable bonds is 7. The van der Waals surface area contributed by atoms with E-state index in [1.54, 1.807) is 11.3 Å². The molecule has 0 bridgehead atoms. The lowest BCUT2D eigenvalue weighted by molar-refractivity contribution is 0.151. The quantitative estimate of drug-likeness (QED) is 0.355. The minimum atomic E-state index is 0.818. The van der Waals surface area contributed by atoms with E-state index in [-0.39, 0.29) is 0 Å². The van der Waals surface area contributed by atoms with Crippen molar-refractivity contribution in [3.63, 3.8) is 0 Å². The van der Waals surface area contributed by atoms with Gasteiger partial charge >= 0.3 is 0 Å². The zero-order chi connectivity index (χ0) is 17.2. The van der Waals surface area contributed by atoms with Gasteiger partial charge in [-0.05, 0) is 30.7 Å². The van der Waals surface area contributed by atoms with E-state index in [1.165, 1.54) is 15.2 Å². The van der Waals surface area contributed by atoms with E-state index in [4.69, 9.17) is 9.72 Å². The van der Waals surface area contributed by atoms with E-state index in [9.17, 15) is 0 Å². The fourth-order valence-corrected chi connectivity index (χ4v) is 3.89. The topological polar surface area (TPSA) is 22.1 Å². The van der Waals surface area contributed by atoms with E-state index in [2.05, 4.69) is 49.4 Å². The van der Waals surface area contributed by atoms with Crippen LogP contribution in [-0.4, -0.2) is 24.0 Å². The van der Waals surface area contributed by atoms with Gasteiger partial charge in [-0.15, -0.1) is 23.1 Å². The summed E-state index contributed by atoms with van der Waals surface area (Å²) in [6.45, 7) is 7.81. The van der Waals surface area contributed by atoms with Crippen LogP contribution in [-0.2, 0) is 4.74 Å². The minimum absolute atomic E-state index is 0.818. The first-order valence-corrected chi connectivity index (χ1v) is 10.3. The van der Waals surface area contributed by atoms with Crippen LogP contribution < -0.4 is 0 Å². The van der Waals surface area contributed by atoms with E-state index in [0.717, 1.165) is 35.9 Å². The number of para-hydroxylation sites is 1. The lowest BCUT2D eigenvalue weighted by atomic mass is 10.2. The number of hydrogen-bond acceptors (Lipinski definition) is 4. The Hall–Kier alpha value is -1.36. The van der Waals surface area contributed by atoms with Gasteiger partial charge in [-0.2, -0.15) is 0 Å². The first-order valence-electron chi connectivity index (χ1n) is 8.53. The second-order valence-corrected chi connectivity index (χ2v) is 7.17. The van der Waals surface area contributed by atoms with Gasteiger partial charge in [0.1, 0.15) is 5.01 Å². The molecule has 128 valence electrons. The fraction of sp³-hybridized carbons (Fsp3) is 0.350. The van der Waals surface area contributed by atoms with E-state index >= 15 is 0 Å². The molecular weight excluding hydrogens is 334 g/mol. The molecule has 0 atom stereocenters. The summed E-state index contributed by atoms with van der Waals surface area (Å²) in [4.78, 5) is 5.98. The Morgan fingerprint density at radius 1 is 1.00 bits per heavy atom. The zero-order valence-electron chi connectivity index (χ0n) is 14.6. The lowest BCUT2D eigenvalue weighted by Crippen LogP contribution is -1.97. The molecule has 0 fully saturated rings. The summed E-state index contributed by atoms with van der Waals surface area (Å²) in [6, 6.07) is 16.9. The molecule has 1 aromatic heterocycles. The van der Waals surface area contributed by atoms with E-state index in [0.29, 0.717) is 0 Å². The molecule has 4 heteroatoms. The number of thiazole rings is 1. The monoisotopic (exact) mass is 359 g/mol. The van der Waals surface area contributed by atoms with Crippen molar-refractivity contribution in [3.05, 3.63) is 48.5 Å². The second kappa shape index (κ2) is 10.5. The average molecular weight is 360 g/mol. The van der Waals surface area contributed by atoms with Crippen LogP contribution in [0.2, 0.25) is 0 Å². The van der Waals surface area contributed by atoms with Crippen LogP contribution in [0, 0.1) is 0 Å². The smallest absolute Gasteiger partial charge is 0.124 e. The third kappa shape index (κ3) is 5.33. The van der Waals surface area contributed by atoms with Gasteiger partial charge in [-0.1, -0.05) is 45.0 Å². The molecule has 3 rings (SSSR count). The highest BCUT2D eigenvalue weighted by molar-refractivity contribution is 7.99. The Morgan fingerprint density at radius 3 is 2.46 bits per heavy atom. The van der Waals surface area contributed by atoms with Crippen LogP contribution in [0.4, 0.5) is 0 Å². The van der Waals surface area contributed by atoms with Crippen molar-refractivity contribution < 1.29 is 4.74 Å². The fourth-order valence-electron chi connectivity index (χ4n) is 2.15. The normalized spacial score (nSPS) is 10.5. The number of aromatic nitrogens is 1. The SMILES string of the molecule is CC.CCCOCCSc1ccc(-c2nc3ccccc3s2)cc1. The molecule has 1 heterocycles. The van der Waals surface area contributed by atoms with Gasteiger partial charge < -0.3 is 4.74 Å². The van der Waals surface area contributed by atoms with Crippen molar-refractivity contribution in [2.75, 3.05) is 19.0 Å². The minimum Gasteiger partial charge on any atom is -0.381 e. The maximum absolute atomic E-state index is 5.50. The van der Waals surface area contributed by atoms with Crippen LogP contribution in [0.3, 0.4) is 0 Å². The predicted molar refractivity (Wildman–Crippen MR) is 108 cm³/mol. The Kier molecular flexibility index (Phi) is 8.29. The Bertz CT molecular complexity index is 689. The van der Waals surface area contributed by atoms with Gasteiger partial charge in [0.25, 0.3) is 0 Å². The highest BCUT2D eigenvalue weighted by Crippen LogP contribution is 2.31. The third-order valence-electron chi connectivity index (χ3n) is 3.24. The summed E-state index contributed by atoms with van der Waals surface area (Å²) in [5.74, 6) is 1.00. The molecule has 3 aromatic rings. The molecule has 0 N–H and O–H groups in total. The van der Waals surface area contributed by atoms with Crippen LogP contribution in [0.25, 0.3) is 20.8 Å². The molecular formula is C20H25NOS2. The van der Waals surface area contributed by atoms with Crippen molar-refractivity contribution in [1.82, 2.24) is 4.98 Å². The molecule has 0 spiro atoms. The number of benzene rings is 2. The number of ether oxygens (including phenoxy) is 1. The molecule has 2 nitrogen and oxygen atoms in total. The molecule has 0 radical (unpaired) electrons. The van der Waals surface area contributed by atoms with Crippen LogP contribution in [0.5, 0.6) is 0 Å². The predicted octanol–water partition coefficient (Wildman–Crippen LogP) is 6.51. The van der Waals surface area contributed by atoms with Crippen molar-refractivity contribution in [2.45, 2.75) is 32.1 Å². The van der Waals surface area contributed by atoms with Gasteiger partial charge in [-0.3, -0.25) is 0 Å². The van der Waals surface area contributed by atoms with Gasteiger partial charge in [0.05, 0.1) is 16.8 Å². The second-order valence-electron chi connectivity index (χ2n) is 4.97. The Balaban J connectivity index is 0.00000100. The number of nitrogens with zero attached hydrogens (tertiary/aromatic N) is 1. The largest absolute Gasteiger partial charge is 0.381 e. The maximum atomic E-state index is 5.50. The van der Waals surface area contributed by atoms with Gasteiger partial charge in [0.2, 0.25) is 0 Å². The summed E-state index contributed by atoms with van der Waals surface area (Å²) in [7, 11) is 0. The van der Waals surface area contributed by atoms with Crippen molar-refractivity contribution in [1.29, 1.82) is 0 Å². The Labute approximate surface area is 153 Å². The molecule has 0 saturated carbocycles. The Morgan fingerprint density at radius 2 is 1.75 bits per heavy atom. The molecule has 2 aromatic carbocycles. The molecule has 0 saturated heterocycles. The third-order valence-corrected chi connectivity index (χ3v) is 5.30. The summed E-state index contributed by atoms with van der Waals surface area (Å²) in [5, 5.41) is 1.09. The lowest BCUT2D eigenvalue weighted by Gasteiger charge is -2.03. The standard InChI is InChI=1S/C18H19NOS2.C2H6/c1-2-11-20-12-13-21-15-9-7-14(8-10-15)18-19-16-5-3-4-6-17(16)22-18;1-2/h3-10H,2,11-13H2,1H3;1-2H3. The van der Waals surface area contributed by atoms with Gasteiger partial charge in [-0.25, -0.2) is 4.98 Å². The van der Waals surface area contributed by atoms with E-state index in [1.807, 2.05) is 31.7 Å². The summed E-state index contributed by atoms with van der Waals surface area (Å²) in [6.07, 6.45) is 1.08. The van der Waals surface area contributed by atoms with Crippen molar-refractivity contribution >= 4 is 33.3 Å². The molecule has 24 heavy (non-hydrogen) atoms. The number of fused-ring (bicyclic) bond motifs is 1. The molecule has 0 amide bonds. The highest BCUT2D eigenvalue weighted by atomic mass is 32.2. The van der Waals surface area contributed by atoms with Crippen molar-refractivity contribution in [2.24, 2.45) is 0 Å². The van der Waals surface area contributed by atoms with Crippen LogP contribution >= 0.6 is 23.1 Å². The summed E-state index contributed by atoms with van der Waals surface area (Å²) < 4.78 is 6.74. The van der Waals surface area contributed by atoms with Gasteiger partial charge in [0, 0.05) is 22.8 Å². The average Bonchev–Trinajstić information content (AvgIpc) is 3.08. The van der Waals surface area contributed by atoms with Gasteiger partial charge in [0.15, 0.2) is 0 Å². The maximum Gasteiger partial charge on any atom is 0.124 e. The zero-order valence-corrected chi connectivity index (χ0v) is 16.3. The molecule has 0 aliphatic heterocycles. The first kappa shape index (κ1) is 19.0. The molecule has 0 unspecified atom stereocenters. The summed E-state index contributed by atoms with van der Waals surface area (Å²) in [5.41, 5.74) is 2.27. The molecule has 0 aliphatic carbocycles. The van der Waals surface area contributed by atoms with E-state index < -0.39 is 0 Å². The molecule has 0 aliphatic rings. The van der Waals surface area contributed by atoms with Crippen LogP contribution in [0.1, 0.15) is 27.2 Å². The summed E-state index contributed by atoms with van der Waals surface area (Å²) >= 11 is 3.58. The number of thioether (sulfide) groups is 1. The highest BCUT2D eigenvalue weighted by Gasteiger charge is 2.05. The van der Waals surface area contributed by atoms with Crippen LogP contribution in [0.15, 0.2) is 53.4 Å². The number of hydrogen-bond donors (Lipinski definition) is 0. The van der Waals surface area contributed by atoms with Crippen molar-refractivity contribution in [3.8, 4) is 10.6 Å². The first-order chi connectivity index (χ1) is 11.9.